The number of carbonyl (C=O) groups excluding carboxylic acids is 2. The van der Waals surface area contributed by atoms with Gasteiger partial charge in [-0.1, -0.05) is 19.1 Å². The smallest absolute Gasteiger partial charge is 0.303 e. The van der Waals surface area contributed by atoms with Gasteiger partial charge in [0.05, 0.1) is 18.4 Å². The van der Waals surface area contributed by atoms with Crippen LogP contribution in [0.5, 0.6) is 0 Å². The first-order valence-electron chi connectivity index (χ1n) is 9.22. The summed E-state index contributed by atoms with van der Waals surface area (Å²) in [6.45, 7) is 9.79. The minimum absolute atomic E-state index is 0.00817. The van der Waals surface area contributed by atoms with Crippen molar-refractivity contribution in [3.05, 3.63) is 11.9 Å². The number of carbonyl (C=O) groups is 2. The highest BCUT2D eigenvalue weighted by Gasteiger charge is 2.44. The van der Waals surface area contributed by atoms with Crippen LogP contribution in [0, 0.1) is 18.8 Å². The van der Waals surface area contributed by atoms with Crippen LogP contribution in [-0.4, -0.2) is 58.6 Å². The van der Waals surface area contributed by atoms with Crippen LogP contribution in [0.3, 0.4) is 0 Å². The normalized spacial score (nSPS) is 28.0. The first-order valence-corrected chi connectivity index (χ1v) is 9.22. The van der Waals surface area contributed by atoms with Gasteiger partial charge in [-0.2, -0.15) is 0 Å². The molecule has 5 atom stereocenters. The molecule has 0 spiro atoms. The van der Waals surface area contributed by atoms with E-state index in [1.165, 1.54) is 13.8 Å². The van der Waals surface area contributed by atoms with Gasteiger partial charge in [-0.15, -0.1) is 5.10 Å². The van der Waals surface area contributed by atoms with Gasteiger partial charge in [0.1, 0.15) is 6.61 Å². The molecule has 1 aromatic rings. The molecule has 9 heteroatoms. The summed E-state index contributed by atoms with van der Waals surface area (Å²) in [4.78, 5) is 22.6. The predicted molar refractivity (Wildman–Crippen MR) is 94.5 cm³/mol. The summed E-state index contributed by atoms with van der Waals surface area (Å²) >= 11 is 0. The number of rotatable bonds is 8. The molecule has 0 aromatic carbocycles. The van der Waals surface area contributed by atoms with E-state index in [1.54, 1.807) is 4.68 Å². The summed E-state index contributed by atoms with van der Waals surface area (Å²) < 4.78 is 24.2. The zero-order valence-electron chi connectivity index (χ0n) is 16.6. The number of aromatic nitrogens is 3. The van der Waals surface area contributed by atoms with E-state index in [0.717, 1.165) is 5.69 Å². The Morgan fingerprint density at radius 1 is 1.22 bits per heavy atom. The molecule has 152 valence electrons. The van der Waals surface area contributed by atoms with E-state index in [1.807, 2.05) is 27.0 Å². The molecule has 0 radical (unpaired) electrons. The van der Waals surface area contributed by atoms with Crippen LogP contribution in [-0.2, 0) is 35.1 Å². The number of nitrogens with zero attached hydrogens (tertiary/aromatic N) is 3. The first-order chi connectivity index (χ1) is 12.8. The Morgan fingerprint density at radius 3 is 2.56 bits per heavy atom. The van der Waals surface area contributed by atoms with E-state index < -0.39 is 12.4 Å². The van der Waals surface area contributed by atoms with Crippen LogP contribution in [0.1, 0.15) is 39.8 Å². The molecule has 9 nitrogen and oxygen atoms in total. The van der Waals surface area contributed by atoms with Gasteiger partial charge >= 0.3 is 11.9 Å². The Kier molecular flexibility index (Phi) is 7.73. The molecule has 0 saturated carbocycles. The highest BCUT2D eigenvalue weighted by molar-refractivity contribution is 5.66. The molecule has 1 aliphatic rings. The van der Waals surface area contributed by atoms with Gasteiger partial charge in [0.25, 0.3) is 0 Å². The summed E-state index contributed by atoms with van der Waals surface area (Å²) in [5, 5.41) is 7.93. The highest BCUT2D eigenvalue weighted by atomic mass is 16.7. The lowest BCUT2D eigenvalue weighted by atomic mass is 9.83. The Morgan fingerprint density at radius 2 is 1.96 bits per heavy atom. The van der Waals surface area contributed by atoms with Crippen LogP contribution in [0.2, 0.25) is 0 Å². The fraction of sp³-hybridized carbons (Fsp3) is 0.778. The number of aryl methyl sites for hydroxylation is 2. The molecule has 2 unspecified atom stereocenters. The second-order valence-electron chi connectivity index (χ2n) is 6.99. The Balaban J connectivity index is 1.94. The van der Waals surface area contributed by atoms with E-state index in [2.05, 4.69) is 10.3 Å². The maximum absolute atomic E-state index is 11.5. The van der Waals surface area contributed by atoms with Crippen LogP contribution in [0.25, 0.3) is 0 Å². The molecule has 2 heterocycles. The quantitative estimate of drug-likeness (QED) is 0.491. The third kappa shape index (κ3) is 6.28. The minimum atomic E-state index is -0.710. The van der Waals surface area contributed by atoms with Gasteiger partial charge in [-0.05, 0) is 19.3 Å². The number of ether oxygens (including phenoxy) is 4. The average Bonchev–Trinajstić information content (AvgIpc) is 3.01. The molecule has 0 amide bonds. The summed E-state index contributed by atoms with van der Waals surface area (Å²) in [7, 11) is 0. The molecule has 1 saturated heterocycles. The molecular weight excluding hydrogens is 354 g/mol. The monoisotopic (exact) mass is 383 g/mol. The van der Waals surface area contributed by atoms with Gasteiger partial charge in [-0.25, -0.2) is 0 Å². The zero-order valence-corrected chi connectivity index (χ0v) is 16.6. The zero-order chi connectivity index (χ0) is 20.0. The van der Waals surface area contributed by atoms with E-state index in [0.29, 0.717) is 19.6 Å². The van der Waals surface area contributed by atoms with Crippen molar-refractivity contribution in [3.63, 3.8) is 0 Å². The van der Waals surface area contributed by atoms with Crippen molar-refractivity contribution >= 4 is 11.9 Å². The Labute approximate surface area is 159 Å². The van der Waals surface area contributed by atoms with Crippen LogP contribution < -0.4 is 0 Å². The van der Waals surface area contributed by atoms with Gasteiger partial charge in [0.15, 0.2) is 12.4 Å². The lowest BCUT2D eigenvalue weighted by Gasteiger charge is -2.43. The topological polar surface area (TPSA) is 102 Å². The van der Waals surface area contributed by atoms with Crippen molar-refractivity contribution in [1.29, 1.82) is 0 Å². The van der Waals surface area contributed by atoms with Crippen molar-refractivity contribution in [1.82, 2.24) is 15.0 Å². The average molecular weight is 383 g/mol. The largest absolute Gasteiger partial charge is 0.463 e. The van der Waals surface area contributed by atoms with Gasteiger partial charge in [0.2, 0.25) is 0 Å². The fourth-order valence-corrected chi connectivity index (χ4v) is 3.07. The van der Waals surface area contributed by atoms with Crippen LogP contribution >= 0.6 is 0 Å². The number of hydrogen-bond acceptors (Lipinski definition) is 8. The summed E-state index contributed by atoms with van der Waals surface area (Å²) in [5.41, 5.74) is 0.859. The van der Waals surface area contributed by atoms with Crippen LogP contribution in [0.15, 0.2) is 6.20 Å². The van der Waals surface area contributed by atoms with Crippen molar-refractivity contribution < 1.29 is 28.5 Å². The number of esters is 2. The summed E-state index contributed by atoms with van der Waals surface area (Å²) in [6, 6.07) is 0. The molecule has 1 aliphatic heterocycles. The maximum atomic E-state index is 11.5. The van der Waals surface area contributed by atoms with Crippen molar-refractivity contribution in [2.24, 2.45) is 11.8 Å². The van der Waals surface area contributed by atoms with E-state index in [-0.39, 0.29) is 36.5 Å². The van der Waals surface area contributed by atoms with E-state index in [4.69, 9.17) is 18.9 Å². The lowest BCUT2D eigenvalue weighted by Crippen LogP contribution is -2.53. The minimum Gasteiger partial charge on any atom is -0.463 e. The molecule has 2 rings (SSSR count). The molecule has 1 fully saturated rings. The van der Waals surface area contributed by atoms with Crippen molar-refractivity contribution in [3.8, 4) is 0 Å². The lowest BCUT2D eigenvalue weighted by molar-refractivity contribution is -0.280. The molecular formula is C18H29N3O6. The highest BCUT2D eigenvalue weighted by Crippen LogP contribution is 2.33. The molecule has 0 N–H and O–H groups in total. The molecule has 1 aromatic heterocycles. The van der Waals surface area contributed by atoms with Gasteiger partial charge in [-0.3, -0.25) is 14.3 Å². The first kappa shape index (κ1) is 21.3. The number of hydrogen-bond donors (Lipinski definition) is 0. The third-order valence-corrected chi connectivity index (χ3v) is 4.73. The second kappa shape index (κ2) is 9.80. The molecule has 0 aliphatic carbocycles. The Bertz CT molecular complexity index is 632. The Hall–Kier alpha value is -2.00. The molecule has 27 heavy (non-hydrogen) atoms. The predicted octanol–water partition coefficient (Wildman–Crippen LogP) is 1.49. The molecule has 0 bridgehead atoms. The van der Waals surface area contributed by atoms with E-state index >= 15 is 0 Å². The fourth-order valence-electron chi connectivity index (χ4n) is 3.07. The van der Waals surface area contributed by atoms with Gasteiger partial charge in [0, 0.05) is 32.5 Å². The SMILES string of the molecule is CC(=O)OCC1O[C@@H](OCCCn2cc(C)nn2)C(OC(C)=O)[C@@H](C)[C@H]1C. The van der Waals surface area contributed by atoms with Gasteiger partial charge < -0.3 is 18.9 Å². The van der Waals surface area contributed by atoms with E-state index in [9.17, 15) is 9.59 Å². The van der Waals surface area contributed by atoms with Crippen molar-refractivity contribution in [2.75, 3.05) is 13.2 Å². The standard InChI is InChI=1S/C18H29N3O6/c1-11-9-21(20-19-11)7-6-8-24-18-17(26-15(5)23)13(3)12(2)16(27-18)10-25-14(4)22/h9,12-13,16-18H,6-8,10H2,1-5H3/t12-,13+,16?,17?,18-/m1/s1. The summed E-state index contributed by atoms with van der Waals surface area (Å²) in [5.74, 6) is -0.716. The second-order valence-corrected chi connectivity index (χ2v) is 6.99. The third-order valence-electron chi connectivity index (χ3n) is 4.73. The summed E-state index contributed by atoms with van der Waals surface area (Å²) in [6.07, 6.45) is 1.02. The van der Waals surface area contributed by atoms with Crippen molar-refractivity contribution in [2.45, 2.75) is 66.1 Å². The van der Waals surface area contributed by atoms with Crippen LogP contribution in [0.4, 0.5) is 0 Å². The maximum Gasteiger partial charge on any atom is 0.303 e.